The summed E-state index contributed by atoms with van der Waals surface area (Å²) in [4.78, 5) is 4.27. The van der Waals surface area contributed by atoms with E-state index in [1.54, 1.807) is 13.2 Å². The monoisotopic (exact) mass is 241 g/mol. The smallest absolute Gasteiger partial charge is 0.121 e. The van der Waals surface area contributed by atoms with Gasteiger partial charge < -0.3 is 10.1 Å². The topological polar surface area (TPSA) is 57.9 Å². The van der Waals surface area contributed by atoms with Crippen LogP contribution in [0, 0.1) is 11.3 Å². The maximum atomic E-state index is 8.79. The molecule has 0 fully saturated rings. The summed E-state index contributed by atoms with van der Waals surface area (Å²) >= 11 is 0. The lowest BCUT2D eigenvalue weighted by Crippen LogP contribution is -2.25. The molecule has 1 atom stereocenters. The van der Waals surface area contributed by atoms with Crippen molar-refractivity contribution in [2.75, 3.05) is 13.7 Å². The molecule has 0 spiro atoms. The number of hydrogen-bond donors (Lipinski definition) is 1. The highest BCUT2D eigenvalue weighted by molar-refractivity contribution is 5.79. The third-order valence-electron chi connectivity index (χ3n) is 2.76. The second kappa shape index (κ2) is 5.99. The summed E-state index contributed by atoms with van der Waals surface area (Å²) in [6.07, 6.45) is 2.42. The van der Waals surface area contributed by atoms with E-state index in [4.69, 9.17) is 10.00 Å². The molecule has 0 radical (unpaired) electrons. The Morgan fingerprint density at radius 3 is 3.11 bits per heavy atom. The minimum Gasteiger partial charge on any atom is -0.493 e. The fraction of sp³-hybridized carbons (Fsp3) is 0.286. The summed E-state index contributed by atoms with van der Waals surface area (Å²) in [6.45, 7) is 0.511. The van der Waals surface area contributed by atoms with Crippen LogP contribution in [0.1, 0.15) is 6.42 Å². The highest BCUT2D eigenvalue weighted by atomic mass is 16.5. The quantitative estimate of drug-likeness (QED) is 0.871. The molecule has 92 valence electrons. The van der Waals surface area contributed by atoms with Crippen molar-refractivity contribution in [3.8, 4) is 11.8 Å². The highest BCUT2D eigenvalue weighted by Gasteiger charge is 2.04. The number of pyridine rings is 1. The van der Waals surface area contributed by atoms with Gasteiger partial charge in [-0.25, -0.2) is 0 Å². The van der Waals surface area contributed by atoms with E-state index in [1.165, 1.54) is 0 Å². The summed E-state index contributed by atoms with van der Waals surface area (Å²) in [5.74, 6) is 0.786. The van der Waals surface area contributed by atoms with Gasteiger partial charge in [0.15, 0.2) is 0 Å². The molecule has 4 nitrogen and oxygen atoms in total. The molecule has 1 aromatic heterocycles. The van der Waals surface area contributed by atoms with Gasteiger partial charge in [-0.1, -0.05) is 6.07 Å². The number of nitrogens with one attached hydrogen (secondary N) is 1. The van der Waals surface area contributed by atoms with E-state index < -0.39 is 0 Å². The Morgan fingerprint density at radius 1 is 1.44 bits per heavy atom. The molecule has 0 aliphatic heterocycles. The molecule has 0 amide bonds. The molecule has 1 aromatic carbocycles. The van der Waals surface area contributed by atoms with Crippen molar-refractivity contribution in [3.05, 3.63) is 36.5 Å². The SMILES string of the molecule is CNC(C#N)CCOc1ccc2cccnc2c1. The Morgan fingerprint density at radius 2 is 2.33 bits per heavy atom. The third-order valence-corrected chi connectivity index (χ3v) is 2.76. The van der Waals surface area contributed by atoms with Crippen LogP contribution < -0.4 is 10.1 Å². The Kier molecular flexibility index (Phi) is 4.11. The normalized spacial score (nSPS) is 12.0. The average molecular weight is 241 g/mol. The fourth-order valence-electron chi connectivity index (χ4n) is 1.70. The zero-order chi connectivity index (χ0) is 12.8. The Bertz CT molecular complexity index is 562. The van der Waals surface area contributed by atoms with Crippen LogP contribution in [-0.2, 0) is 0 Å². The number of benzene rings is 1. The molecule has 0 saturated carbocycles. The summed E-state index contributed by atoms with van der Waals surface area (Å²) in [5.41, 5.74) is 0.917. The second-order valence-corrected chi connectivity index (χ2v) is 3.97. The van der Waals surface area contributed by atoms with Crippen LogP contribution in [0.4, 0.5) is 0 Å². The van der Waals surface area contributed by atoms with Gasteiger partial charge in [0, 0.05) is 24.1 Å². The minimum absolute atomic E-state index is 0.163. The molecular formula is C14H15N3O. The van der Waals surface area contributed by atoms with Gasteiger partial charge in [-0.15, -0.1) is 0 Å². The lowest BCUT2D eigenvalue weighted by molar-refractivity contribution is 0.300. The molecule has 1 heterocycles. The van der Waals surface area contributed by atoms with Crippen molar-refractivity contribution in [1.82, 2.24) is 10.3 Å². The van der Waals surface area contributed by atoms with Crippen LogP contribution in [0.15, 0.2) is 36.5 Å². The number of aromatic nitrogens is 1. The summed E-state index contributed by atoms with van der Waals surface area (Å²) < 4.78 is 5.62. The first-order valence-electron chi connectivity index (χ1n) is 5.88. The molecule has 0 aliphatic rings. The molecular weight excluding hydrogens is 226 g/mol. The Labute approximate surface area is 106 Å². The zero-order valence-electron chi connectivity index (χ0n) is 10.3. The minimum atomic E-state index is -0.163. The van der Waals surface area contributed by atoms with Crippen LogP contribution in [0.2, 0.25) is 0 Å². The maximum absolute atomic E-state index is 8.79. The van der Waals surface area contributed by atoms with Gasteiger partial charge in [0.25, 0.3) is 0 Å². The molecule has 1 N–H and O–H groups in total. The first kappa shape index (κ1) is 12.3. The molecule has 0 bridgehead atoms. The van der Waals surface area contributed by atoms with Gasteiger partial charge in [-0.05, 0) is 25.2 Å². The van der Waals surface area contributed by atoms with E-state index >= 15 is 0 Å². The number of fused-ring (bicyclic) bond motifs is 1. The maximum Gasteiger partial charge on any atom is 0.121 e. The van der Waals surface area contributed by atoms with Crippen molar-refractivity contribution in [3.63, 3.8) is 0 Å². The van der Waals surface area contributed by atoms with E-state index in [2.05, 4.69) is 16.4 Å². The van der Waals surface area contributed by atoms with Crippen molar-refractivity contribution in [1.29, 1.82) is 5.26 Å². The Hall–Kier alpha value is -2.12. The van der Waals surface area contributed by atoms with E-state index in [0.717, 1.165) is 16.7 Å². The molecule has 0 aliphatic carbocycles. The van der Waals surface area contributed by atoms with Gasteiger partial charge in [0.05, 0.1) is 24.2 Å². The van der Waals surface area contributed by atoms with Gasteiger partial charge in [0.2, 0.25) is 0 Å². The Balaban J connectivity index is 1.98. The van der Waals surface area contributed by atoms with Crippen molar-refractivity contribution in [2.45, 2.75) is 12.5 Å². The van der Waals surface area contributed by atoms with Crippen LogP contribution >= 0.6 is 0 Å². The largest absolute Gasteiger partial charge is 0.493 e. The standard InChI is InChI=1S/C14H15N3O/c1-16-12(10-15)6-8-18-13-5-4-11-3-2-7-17-14(11)9-13/h2-5,7,9,12,16H,6,8H2,1H3. The van der Waals surface area contributed by atoms with Crippen LogP contribution in [0.3, 0.4) is 0 Å². The van der Waals surface area contributed by atoms with Crippen LogP contribution in [0.25, 0.3) is 10.9 Å². The first-order chi connectivity index (χ1) is 8.83. The zero-order valence-corrected chi connectivity index (χ0v) is 10.3. The van der Waals surface area contributed by atoms with Gasteiger partial charge in [0.1, 0.15) is 5.75 Å². The highest BCUT2D eigenvalue weighted by Crippen LogP contribution is 2.18. The number of rotatable bonds is 5. The molecule has 2 aromatic rings. The predicted octanol–water partition coefficient (Wildman–Crippen LogP) is 2.12. The van der Waals surface area contributed by atoms with E-state index in [9.17, 15) is 0 Å². The van der Waals surface area contributed by atoms with Crippen molar-refractivity contribution < 1.29 is 4.74 Å². The third kappa shape index (κ3) is 2.96. The molecule has 4 heteroatoms. The van der Waals surface area contributed by atoms with E-state index in [1.807, 2.05) is 30.3 Å². The van der Waals surface area contributed by atoms with Crippen molar-refractivity contribution in [2.24, 2.45) is 0 Å². The lowest BCUT2D eigenvalue weighted by atomic mass is 10.2. The van der Waals surface area contributed by atoms with Gasteiger partial charge >= 0.3 is 0 Å². The van der Waals surface area contributed by atoms with E-state index in [0.29, 0.717) is 13.0 Å². The van der Waals surface area contributed by atoms with Crippen LogP contribution in [-0.4, -0.2) is 24.7 Å². The predicted molar refractivity (Wildman–Crippen MR) is 70.3 cm³/mol. The molecule has 18 heavy (non-hydrogen) atoms. The summed E-state index contributed by atoms with van der Waals surface area (Å²) in [7, 11) is 1.77. The second-order valence-electron chi connectivity index (χ2n) is 3.97. The molecule has 1 unspecified atom stereocenters. The van der Waals surface area contributed by atoms with Gasteiger partial charge in [-0.2, -0.15) is 5.26 Å². The van der Waals surface area contributed by atoms with Crippen LogP contribution in [0.5, 0.6) is 5.75 Å². The van der Waals surface area contributed by atoms with Crippen molar-refractivity contribution >= 4 is 10.9 Å². The molecule has 2 rings (SSSR count). The number of hydrogen-bond acceptors (Lipinski definition) is 4. The number of nitriles is 1. The molecule has 0 saturated heterocycles. The van der Waals surface area contributed by atoms with E-state index in [-0.39, 0.29) is 6.04 Å². The average Bonchev–Trinajstić information content (AvgIpc) is 2.43. The summed E-state index contributed by atoms with van der Waals surface area (Å²) in [6, 6.07) is 11.7. The number of ether oxygens (including phenoxy) is 1. The van der Waals surface area contributed by atoms with Gasteiger partial charge in [-0.3, -0.25) is 4.98 Å². The first-order valence-corrected chi connectivity index (χ1v) is 5.88. The summed E-state index contributed by atoms with van der Waals surface area (Å²) in [5, 5.41) is 12.8. The number of nitrogens with zero attached hydrogens (tertiary/aromatic N) is 2. The fourth-order valence-corrected chi connectivity index (χ4v) is 1.70. The lowest BCUT2D eigenvalue weighted by Gasteiger charge is -2.09.